The number of furan rings is 1. The van der Waals surface area contributed by atoms with Crippen molar-refractivity contribution in [3.05, 3.63) is 24.2 Å². The van der Waals surface area contributed by atoms with Crippen LogP contribution < -0.4 is 0 Å². The highest BCUT2D eigenvalue weighted by Crippen LogP contribution is 2.09. The normalized spacial score (nSPS) is 17.1. The van der Waals surface area contributed by atoms with Crippen LogP contribution in [0.2, 0.25) is 0 Å². The van der Waals surface area contributed by atoms with E-state index < -0.39 is 30.7 Å². The van der Waals surface area contributed by atoms with Crippen molar-refractivity contribution < 1.29 is 29.6 Å². The SMILES string of the molecule is O=C(c1ccco1)C(O)C(O)C(O)CO. The number of hydrogen-bond acceptors (Lipinski definition) is 6. The van der Waals surface area contributed by atoms with Gasteiger partial charge in [0.2, 0.25) is 5.78 Å². The van der Waals surface area contributed by atoms with Crippen molar-refractivity contribution in [2.75, 3.05) is 6.61 Å². The van der Waals surface area contributed by atoms with Gasteiger partial charge in [0.15, 0.2) is 5.76 Å². The van der Waals surface area contributed by atoms with Crippen LogP contribution in [0.4, 0.5) is 0 Å². The lowest BCUT2D eigenvalue weighted by Crippen LogP contribution is -2.43. The number of carbonyl (C=O) groups is 1. The Morgan fingerprint density at radius 3 is 2.53 bits per heavy atom. The summed E-state index contributed by atoms with van der Waals surface area (Å²) in [5, 5.41) is 36.1. The Hall–Kier alpha value is -1.21. The quantitative estimate of drug-likeness (QED) is 0.447. The summed E-state index contributed by atoms with van der Waals surface area (Å²) in [7, 11) is 0. The summed E-state index contributed by atoms with van der Waals surface area (Å²) in [6.07, 6.45) is -3.89. The molecule has 0 fully saturated rings. The number of hydrogen-bond donors (Lipinski definition) is 4. The highest BCUT2D eigenvalue weighted by molar-refractivity contribution is 5.97. The van der Waals surface area contributed by atoms with E-state index in [2.05, 4.69) is 0 Å². The Kier molecular flexibility index (Phi) is 3.98. The number of Topliss-reactive ketones (excluding diaryl/α,β-unsaturated/α-hetero) is 1. The molecule has 0 aliphatic carbocycles. The highest BCUT2D eigenvalue weighted by Gasteiger charge is 2.31. The van der Waals surface area contributed by atoms with Crippen molar-refractivity contribution in [2.24, 2.45) is 0 Å². The number of aliphatic hydroxyl groups excluding tert-OH is 4. The summed E-state index contributed by atoms with van der Waals surface area (Å²) >= 11 is 0. The third-order valence-electron chi connectivity index (χ3n) is 1.94. The zero-order chi connectivity index (χ0) is 11.4. The molecule has 3 unspecified atom stereocenters. The van der Waals surface area contributed by atoms with Crippen LogP contribution in [0.15, 0.2) is 22.8 Å². The molecule has 4 N–H and O–H groups in total. The molecule has 0 saturated heterocycles. The minimum absolute atomic E-state index is 0.119. The molecule has 0 bridgehead atoms. The number of rotatable bonds is 5. The molecule has 1 aromatic heterocycles. The van der Waals surface area contributed by atoms with Crippen LogP contribution in [0.3, 0.4) is 0 Å². The third kappa shape index (κ3) is 2.63. The van der Waals surface area contributed by atoms with Crippen LogP contribution in [-0.4, -0.2) is 51.1 Å². The van der Waals surface area contributed by atoms with Crippen LogP contribution in [0.25, 0.3) is 0 Å². The van der Waals surface area contributed by atoms with Gasteiger partial charge in [0.1, 0.15) is 18.3 Å². The van der Waals surface area contributed by atoms with Crippen molar-refractivity contribution in [3.63, 3.8) is 0 Å². The molecule has 3 atom stereocenters. The average Bonchev–Trinajstić information content (AvgIpc) is 2.78. The second kappa shape index (κ2) is 5.04. The van der Waals surface area contributed by atoms with E-state index in [0.717, 1.165) is 0 Å². The van der Waals surface area contributed by atoms with E-state index in [4.69, 9.17) is 14.6 Å². The summed E-state index contributed by atoms with van der Waals surface area (Å²) < 4.78 is 4.72. The molecule has 0 saturated carbocycles. The van der Waals surface area contributed by atoms with Crippen LogP contribution >= 0.6 is 0 Å². The van der Waals surface area contributed by atoms with Gasteiger partial charge in [-0.1, -0.05) is 0 Å². The Morgan fingerprint density at radius 1 is 1.40 bits per heavy atom. The molecular formula is C9H12O6. The lowest BCUT2D eigenvalue weighted by atomic mass is 10.0. The zero-order valence-electron chi connectivity index (χ0n) is 7.78. The topological polar surface area (TPSA) is 111 Å². The minimum atomic E-state index is -1.82. The predicted molar refractivity (Wildman–Crippen MR) is 48.1 cm³/mol. The maximum absolute atomic E-state index is 11.4. The molecule has 0 aliphatic heterocycles. The molecule has 0 aromatic carbocycles. The monoisotopic (exact) mass is 216 g/mol. The molecule has 0 spiro atoms. The van der Waals surface area contributed by atoms with E-state index in [0.29, 0.717) is 0 Å². The van der Waals surface area contributed by atoms with E-state index in [1.54, 1.807) is 0 Å². The standard InChI is InChI=1S/C9H12O6/c10-4-5(11)7(12)9(14)8(13)6-2-1-3-15-6/h1-3,5,7,9-12,14H,4H2. The van der Waals surface area contributed by atoms with Crippen molar-refractivity contribution in [3.8, 4) is 0 Å². The van der Waals surface area contributed by atoms with Gasteiger partial charge in [-0.25, -0.2) is 0 Å². The Labute approximate surface area is 85.4 Å². The first kappa shape index (κ1) is 11.9. The Bertz CT molecular complexity index is 306. The summed E-state index contributed by atoms with van der Waals surface area (Å²) in [5.74, 6) is -0.966. The Morgan fingerprint density at radius 2 is 2.07 bits per heavy atom. The van der Waals surface area contributed by atoms with Crippen molar-refractivity contribution in [1.82, 2.24) is 0 Å². The molecule has 0 radical (unpaired) electrons. The molecule has 1 rings (SSSR count). The first-order chi connectivity index (χ1) is 7.07. The largest absolute Gasteiger partial charge is 0.461 e. The second-order valence-electron chi connectivity index (χ2n) is 3.03. The maximum atomic E-state index is 11.4. The van der Waals surface area contributed by atoms with E-state index in [1.807, 2.05) is 0 Å². The smallest absolute Gasteiger partial charge is 0.229 e. The molecule has 15 heavy (non-hydrogen) atoms. The van der Waals surface area contributed by atoms with E-state index in [9.17, 15) is 15.0 Å². The van der Waals surface area contributed by atoms with Crippen molar-refractivity contribution in [2.45, 2.75) is 18.3 Å². The van der Waals surface area contributed by atoms with Crippen LogP contribution in [0.1, 0.15) is 10.6 Å². The highest BCUT2D eigenvalue weighted by atomic mass is 16.4. The molecule has 84 valence electrons. The molecule has 6 heteroatoms. The molecule has 6 nitrogen and oxygen atoms in total. The van der Waals surface area contributed by atoms with Gasteiger partial charge in [0, 0.05) is 0 Å². The number of aliphatic hydroxyl groups is 4. The minimum Gasteiger partial charge on any atom is -0.461 e. The zero-order valence-corrected chi connectivity index (χ0v) is 7.78. The van der Waals surface area contributed by atoms with Crippen molar-refractivity contribution >= 4 is 5.78 Å². The van der Waals surface area contributed by atoms with Gasteiger partial charge in [0.05, 0.1) is 12.9 Å². The fourth-order valence-corrected chi connectivity index (χ4v) is 1.04. The Balaban J connectivity index is 2.68. The summed E-state index contributed by atoms with van der Waals surface area (Å²) in [6.45, 7) is -0.746. The lowest BCUT2D eigenvalue weighted by molar-refractivity contribution is -0.0651. The summed E-state index contributed by atoms with van der Waals surface area (Å²) in [4.78, 5) is 11.4. The van der Waals surface area contributed by atoms with E-state index >= 15 is 0 Å². The van der Waals surface area contributed by atoms with Gasteiger partial charge in [0.25, 0.3) is 0 Å². The van der Waals surface area contributed by atoms with Crippen LogP contribution in [0, 0.1) is 0 Å². The molecular weight excluding hydrogens is 204 g/mol. The lowest BCUT2D eigenvalue weighted by Gasteiger charge is -2.19. The molecule has 0 aliphatic rings. The van der Waals surface area contributed by atoms with E-state index in [-0.39, 0.29) is 5.76 Å². The van der Waals surface area contributed by atoms with E-state index in [1.165, 1.54) is 18.4 Å². The van der Waals surface area contributed by atoms with Crippen molar-refractivity contribution in [1.29, 1.82) is 0 Å². The molecule has 0 amide bonds. The van der Waals surface area contributed by atoms with Crippen LogP contribution in [0.5, 0.6) is 0 Å². The summed E-state index contributed by atoms with van der Waals surface area (Å²) in [5.41, 5.74) is 0. The molecule has 1 heterocycles. The van der Waals surface area contributed by atoms with Gasteiger partial charge in [-0.15, -0.1) is 0 Å². The number of ketones is 1. The average molecular weight is 216 g/mol. The first-order valence-corrected chi connectivity index (χ1v) is 4.30. The third-order valence-corrected chi connectivity index (χ3v) is 1.94. The van der Waals surface area contributed by atoms with Gasteiger partial charge < -0.3 is 24.8 Å². The van der Waals surface area contributed by atoms with Gasteiger partial charge in [-0.05, 0) is 12.1 Å². The summed E-state index contributed by atoms with van der Waals surface area (Å²) in [6, 6.07) is 2.78. The maximum Gasteiger partial charge on any atom is 0.229 e. The molecule has 1 aromatic rings. The van der Waals surface area contributed by atoms with Gasteiger partial charge in [-0.3, -0.25) is 4.79 Å². The fourth-order valence-electron chi connectivity index (χ4n) is 1.04. The van der Waals surface area contributed by atoms with Crippen LogP contribution in [-0.2, 0) is 0 Å². The fraction of sp³-hybridized carbons (Fsp3) is 0.444. The predicted octanol–water partition coefficient (Wildman–Crippen LogP) is -1.46. The first-order valence-electron chi connectivity index (χ1n) is 4.30. The number of carbonyl (C=O) groups excluding carboxylic acids is 1. The van der Waals surface area contributed by atoms with Gasteiger partial charge in [-0.2, -0.15) is 0 Å². The second-order valence-corrected chi connectivity index (χ2v) is 3.03. The van der Waals surface area contributed by atoms with Gasteiger partial charge >= 0.3 is 0 Å².